The Balaban J connectivity index is 3.23. The first-order valence-corrected chi connectivity index (χ1v) is 5.42. The van der Waals surface area contributed by atoms with Crippen molar-refractivity contribution in [1.82, 2.24) is 0 Å². The van der Waals surface area contributed by atoms with Crippen molar-refractivity contribution in [3.63, 3.8) is 0 Å². The SMILES string of the molecule is CCC(=O)c1cc(Br)c(Br)cc1N. The molecular formula is C9H9Br2NO. The van der Waals surface area contributed by atoms with Gasteiger partial charge in [-0.15, -0.1) is 0 Å². The number of benzene rings is 1. The van der Waals surface area contributed by atoms with Gasteiger partial charge in [-0.05, 0) is 44.0 Å². The van der Waals surface area contributed by atoms with E-state index in [2.05, 4.69) is 31.9 Å². The average molecular weight is 307 g/mol. The largest absolute Gasteiger partial charge is 0.398 e. The first-order chi connectivity index (χ1) is 6.06. The summed E-state index contributed by atoms with van der Waals surface area (Å²) in [5.41, 5.74) is 6.79. The van der Waals surface area contributed by atoms with Crippen LogP contribution in [0.15, 0.2) is 21.1 Å². The van der Waals surface area contributed by atoms with Crippen LogP contribution in [0.3, 0.4) is 0 Å². The molecule has 1 rings (SSSR count). The summed E-state index contributed by atoms with van der Waals surface area (Å²) in [4.78, 5) is 11.4. The van der Waals surface area contributed by atoms with E-state index < -0.39 is 0 Å². The molecule has 0 saturated heterocycles. The number of Topliss-reactive ketones (excluding diaryl/α,β-unsaturated/α-hetero) is 1. The van der Waals surface area contributed by atoms with Gasteiger partial charge in [0, 0.05) is 26.6 Å². The standard InChI is InChI=1S/C9H9Br2NO/c1-2-9(13)5-3-6(10)7(11)4-8(5)12/h3-4H,2,12H2,1H3. The predicted molar refractivity (Wildman–Crippen MR) is 60.9 cm³/mol. The molecule has 1 aromatic rings. The highest BCUT2D eigenvalue weighted by molar-refractivity contribution is 9.13. The zero-order valence-electron chi connectivity index (χ0n) is 7.10. The Morgan fingerprint density at radius 1 is 1.38 bits per heavy atom. The summed E-state index contributed by atoms with van der Waals surface area (Å²) in [6.07, 6.45) is 0.471. The Kier molecular flexibility index (Phi) is 3.50. The molecule has 0 unspecified atom stereocenters. The maximum atomic E-state index is 11.4. The third-order valence-electron chi connectivity index (χ3n) is 1.71. The molecule has 13 heavy (non-hydrogen) atoms. The van der Waals surface area contributed by atoms with Gasteiger partial charge in [-0.3, -0.25) is 4.79 Å². The number of hydrogen-bond acceptors (Lipinski definition) is 2. The molecule has 0 aliphatic carbocycles. The Morgan fingerprint density at radius 3 is 2.46 bits per heavy atom. The molecule has 0 atom stereocenters. The van der Waals surface area contributed by atoms with E-state index in [0.717, 1.165) is 8.95 Å². The van der Waals surface area contributed by atoms with E-state index in [1.807, 2.05) is 6.92 Å². The fourth-order valence-electron chi connectivity index (χ4n) is 0.994. The first kappa shape index (κ1) is 10.7. The molecule has 4 heteroatoms. The Hall–Kier alpha value is -0.350. The number of ketones is 1. The molecule has 0 saturated carbocycles. The molecule has 0 amide bonds. The van der Waals surface area contributed by atoms with Gasteiger partial charge in [0.2, 0.25) is 0 Å². The summed E-state index contributed by atoms with van der Waals surface area (Å²) in [6.45, 7) is 1.82. The molecular weight excluding hydrogens is 298 g/mol. The lowest BCUT2D eigenvalue weighted by atomic mass is 10.1. The first-order valence-electron chi connectivity index (χ1n) is 3.84. The van der Waals surface area contributed by atoms with Crippen molar-refractivity contribution >= 4 is 43.3 Å². The summed E-state index contributed by atoms with van der Waals surface area (Å²) in [7, 11) is 0. The van der Waals surface area contributed by atoms with Crippen LogP contribution in [0.25, 0.3) is 0 Å². The zero-order chi connectivity index (χ0) is 10.0. The predicted octanol–water partition coefficient (Wildman–Crippen LogP) is 3.39. The molecule has 0 fully saturated rings. The van der Waals surface area contributed by atoms with E-state index in [1.165, 1.54) is 0 Å². The van der Waals surface area contributed by atoms with Crippen molar-refractivity contribution in [2.45, 2.75) is 13.3 Å². The van der Waals surface area contributed by atoms with Gasteiger partial charge in [0.15, 0.2) is 5.78 Å². The van der Waals surface area contributed by atoms with Crippen LogP contribution in [0.5, 0.6) is 0 Å². The molecule has 0 spiro atoms. The molecule has 2 nitrogen and oxygen atoms in total. The average Bonchev–Trinajstić information content (AvgIpc) is 2.10. The summed E-state index contributed by atoms with van der Waals surface area (Å²) in [6, 6.07) is 3.47. The monoisotopic (exact) mass is 305 g/mol. The second-order valence-corrected chi connectivity index (χ2v) is 4.34. The lowest BCUT2D eigenvalue weighted by molar-refractivity contribution is 0.0989. The van der Waals surface area contributed by atoms with Crippen molar-refractivity contribution in [3.05, 3.63) is 26.6 Å². The van der Waals surface area contributed by atoms with Crippen LogP contribution in [-0.4, -0.2) is 5.78 Å². The Morgan fingerprint density at radius 2 is 1.92 bits per heavy atom. The highest BCUT2D eigenvalue weighted by Crippen LogP contribution is 2.28. The number of carbonyl (C=O) groups excluding carboxylic acids is 1. The lowest BCUT2D eigenvalue weighted by Gasteiger charge is -2.05. The molecule has 1 aromatic carbocycles. The van der Waals surface area contributed by atoms with Crippen LogP contribution < -0.4 is 5.73 Å². The van der Waals surface area contributed by atoms with Crippen LogP contribution in [0.4, 0.5) is 5.69 Å². The van der Waals surface area contributed by atoms with Gasteiger partial charge in [-0.25, -0.2) is 0 Å². The normalized spacial score (nSPS) is 10.1. The van der Waals surface area contributed by atoms with Gasteiger partial charge < -0.3 is 5.73 Å². The lowest BCUT2D eigenvalue weighted by Crippen LogP contribution is -2.02. The van der Waals surface area contributed by atoms with E-state index in [-0.39, 0.29) is 5.78 Å². The van der Waals surface area contributed by atoms with Gasteiger partial charge in [-0.1, -0.05) is 6.92 Å². The van der Waals surface area contributed by atoms with Gasteiger partial charge in [-0.2, -0.15) is 0 Å². The molecule has 0 heterocycles. The number of hydrogen-bond donors (Lipinski definition) is 1. The third kappa shape index (κ3) is 2.31. The van der Waals surface area contributed by atoms with Crippen molar-refractivity contribution in [2.75, 3.05) is 5.73 Å². The van der Waals surface area contributed by atoms with Gasteiger partial charge in [0.25, 0.3) is 0 Å². The van der Waals surface area contributed by atoms with Gasteiger partial charge >= 0.3 is 0 Å². The summed E-state index contributed by atoms with van der Waals surface area (Å²) in [5, 5.41) is 0. The second-order valence-electron chi connectivity index (χ2n) is 2.63. The van der Waals surface area contributed by atoms with E-state index in [9.17, 15) is 4.79 Å². The molecule has 0 aliphatic heterocycles. The van der Waals surface area contributed by atoms with E-state index >= 15 is 0 Å². The van der Waals surface area contributed by atoms with Gasteiger partial charge in [0.05, 0.1) is 0 Å². The highest BCUT2D eigenvalue weighted by Gasteiger charge is 2.09. The number of carbonyl (C=O) groups is 1. The van der Waals surface area contributed by atoms with Crippen LogP contribution in [0.1, 0.15) is 23.7 Å². The Labute approximate surface area is 93.8 Å². The fourth-order valence-corrected chi connectivity index (χ4v) is 1.70. The van der Waals surface area contributed by atoms with Crippen molar-refractivity contribution in [1.29, 1.82) is 0 Å². The maximum Gasteiger partial charge on any atom is 0.164 e. The van der Waals surface area contributed by atoms with Crippen LogP contribution >= 0.6 is 31.9 Å². The van der Waals surface area contributed by atoms with Crippen molar-refractivity contribution < 1.29 is 4.79 Å². The van der Waals surface area contributed by atoms with Crippen LogP contribution in [0.2, 0.25) is 0 Å². The second kappa shape index (κ2) is 4.24. The van der Waals surface area contributed by atoms with Crippen LogP contribution in [0, 0.1) is 0 Å². The number of anilines is 1. The molecule has 70 valence electrons. The minimum atomic E-state index is 0.0608. The summed E-state index contributed by atoms with van der Waals surface area (Å²) < 4.78 is 1.70. The summed E-state index contributed by atoms with van der Waals surface area (Å²) in [5.74, 6) is 0.0608. The van der Waals surface area contributed by atoms with Crippen molar-refractivity contribution in [2.24, 2.45) is 0 Å². The quantitative estimate of drug-likeness (QED) is 0.672. The van der Waals surface area contributed by atoms with Crippen molar-refractivity contribution in [3.8, 4) is 0 Å². The fraction of sp³-hybridized carbons (Fsp3) is 0.222. The van der Waals surface area contributed by atoms with Crippen LogP contribution in [-0.2, 0) is 0 Å². The summed E-state index contributed by atoms with van der Waals surface area (Å²) >= 11 is 6.64. The molecule has 0 aliphatic rings. The van der Waals surface area contributed by atoms with Gasteiger partial charge in [0.1, 0.15) is 0 Å². The topological polar surface area (TPSA) is 43.1 Å². The minimum Gasteiger partial charge on any atom is -0.398 e. The highest BCUT2D eigenvalue weighted by atomic mass is 79.9. The van der Waals surface area contributed by atoms with E-state index in [1.54, 1.807) is 12.1 Å². The Bertz CT molecular complexity index is 350. The van der Waals surface area contributed by atoms with E-state index in [0.29, 0.717) is 17.7 Å². The molecule has 0 radical (unpaired) electrons. The zero-order valence-corrected chi connectivity index (χ0v) is 10.3. The maximum absolute atomic E-state index is 11.4. The molecule has 2 N–H and O–H groups in total. The number of nitrogen functional groups attached to an aromatic ring is 1. The smallest absolute Gasteiger partial charge is 0.164 e. The number of rotatable bonds is 2. The number of halogens is 2. The molecule has 0 aromatic heterocycles. The number of nitrogens with two attached hydrogens (primary N) is 1. The minimum absolute atomic E-state index is 0.0608. The van der Waals surface area contributed by atoms with E-state index in [4.69, 9.17) is 5.73 Å². The third-order valence-corrected chi connectivity index (χ3v) is 3.56. The molecule has 0 bridgehead atoms.